The lowest BCUT2D eigenvalue weighted by Crippen LogP contribution is -2.38. The van der Waals surface area contributed by atoms with Crippen LogP contribution < -0.4 is 15.6 Å². The van der Waals surface area contributed by atoms with E-state index in [0.29, 0.717) is 44.1 Å². The largest absolute Gasteiger partial charge is 0.465 e. The van der Waals surface area contributed by atoms with Crippen molar-refractivity contribution in [3.8, 4) is 22.8 Å². The summed E-state index contributed by atoms with van der Waals surface area (Å²) in [5, 5.41) is 12.3. The fraction of sp³-hybridized carbons (Fsp3) is 0.222. The van der Waals surface area contributed by atoms with Crippen LogP contribution in [-0.2, 0) is 0 Å². The number of rotatable bonds is 6. The first kappa shape index (κ1) is 25.0. The zero-order valence-electron chi connectivity index (χ0n) is 20.3. The fourth-order valence-electron chi connectivity index (χ4n) is 4.68. The number of nitrogens with one attached hydrogen (secondary N) is 3. The van der Waals surface area contributed by atoms with E-state index in [4.69, 9.17) is 9.84 Å². The van der Waals surface area contributed by atoms with Gasteiger partial charge in [0.15, 0.2) is 0 Å². The van der Waals surface area contributed by atoms with Crippen molar-refractivity contribution in [2.24, 2.45) is 5.92 Å². The summed E-state index contributed by atoms with van der Waals surface area (Å²) in [5.41, 5.74) is 1.17. The summed E-state index contributed by atoms with van der Waals surface area (Å²) in [6.45, 7) is -0.0556. The number of alkyl halides is 2. The number of carbonyl (C=O) groups is 2. The summed E-state index contributed by atoms with van der Waals surface area (Å²) < 4.78 is 34.6. The van der Waals surface area contributed by atoms with Crippen LogP contribution in [-0.4, -0.2) is 57.5 Å². The van der Waals surface area contributed by atoms with E-state index in [-0.39, 0.29) is 5.69 Å². The number of H-pyrrole nitrogens is 2. The molecule has 1 saturated heterocycles. The standard InChI is InChI=1S/C27H24F2N4O5/c1-15-22-19(23(31-15)18-9-5-6-10-21(18)38-17-7-3-2-4-8-17)11-20(32-25(22)35)24(34)30-12-16-13-33(26(36)37)14-27(16,28)29/h2-11,16,31H,12-14H2,1H3,(H,30,34)(H,32,35)(H,36,37). The normalized spacial score (nSPS) is 16.5. The van der Waals surface area contributed by atoms with Crippen molar-refractivity contribution < 1.29 is 28.2 Å². The number of hydrogen-bond donors (Lipinski definition) is 4. The molecule has 38 heavy (non-hydrogen) atoms. The summed E-state index contributed by atoms with van der Waals surface area (Å²) in [5.74, 6) is -4.27. The number of aromatic amines is 2. The van der Waals surface area contributed by atoms with Gasteiger partial charge in [-0.1, -0.05) is 30.3 Å². The molecular weight excluding hydrogens is 498 g/mol. The van der Waals surface area contributed by atoms with E-state index < -0.39 is 49.0 Å². The average Bonchev–Trinajstić information content (AvgIpc) is 3.39. The molecule has 0 radical (unpaired) electrons. The minimum absolute atomic E-state index is 0.111. The van der Waals surface area contributed by atoms with E-state index in [1.54, 1.807) is 13.0 Å². The molecule has 2 amide bonds. The number of ether oxygens (including phenoxy) is 1. The van der Waals surface area contributed by atoms with Gasteiger partial charge in [-0.3, -0.25) is 9.59 Å². The summed E-state index contributed by atoms with van der Waals surface area (Å²) >= 11 is 0. The molecule has 0 spiro atoms. The maximum Gasteiger partial charge on any atom is 0.407 e. The first-order chi connectivity index (χ1) is 18.1. The molecule has 4 N–H and O–H groups in total. The van der Waals surface area contributed by atoms with Crippen LogP contribution in [0, 0.1) is 12.8 Å². The number of nitrogens with zero attached hydrogens (tertiary/aromatic N) is 1. The SMILES string of the molecule is Cc1[nH]c(-c2ccccc2Oc2ccccc2)c2cc(C(=O)NCC3CN(C(=O)O)CC3(F)F)[nH]c(=O)c12. The third kappa shape index (κ3) is 4.70. The molecule has 1 atom stereocenters. The van der Waals surface area contributed by atoms with Gasteiger partial charge in [0.1, 0.15) is 17.2 Å². The van der Waals surface area contributed by atoms with Crippen LogP contribution in [0.4, 0.5) is 13.6 Å². The molecule has 2 aromatic heterocycles. The Kier molecular flexibility index (Phi) is 6.35. The van der Waals surface area contributed by atoms with E-state index in [0.717, 1.165) is 0 Å². The van der Waals surface area contributed by atoms with Gasteiger partial charge in [-0.05, 0) is 37.3 Å². The van der Waals surface area contributed by atoms with Gasteiger partial charge in [-0.2, -0.15) is 0 Å². The molecule has 5 rings (SSSR count). The molecule has 1 unspecified atom stereocenters. The van der Waals surface area contributed by atoms with Crippen molar-refractivity contribution in [1.29, 1.82) is 0 Å². The molecule has 4 aromatic rings. The van der Waals surface area contributed by atoms with E-state index in [9.17, 15) is 23.2 Å². The van der Waals surface area contributed by atoms with Crippen LogP contribution in [0.2, 0.25) is 0 Å². The van der Waals surface area contributed by atoms with Crippen molar-refractivity contribution >= 4 is 22.8 Å². The Morgan fingerprint density at radius 1 is 1.13 bits per heavy atom. The van der Waals surface area contributed by atoms with Crippen molar-refractivity contribution in [2.45, 2.75) is 12.8 Å². The maximum atomic E-state index is 14.3. The van der Waals surface area contributed by atoms with E-state index in [1.165, 1.54) is 6.07 Å². The number of hydrogen-bond acceptors (Lipinski definition) is 4. The summed E-state index contributed by atoms with van der Waals surface area (Å²) in [6, 6.07) is 17.9. The molecular formula is C27H24F2N4O5. The third-order valence-electron chi connectivity index (χ3n) is 6.58. The van der Waals surface area contributed by atoms with Crippen LogP contribution >= 0.6 is 0 Å². The molecule has 1 aliphatic heterocycles. The molecule has 196 valence electrons. The monoisotopic (exact) mass is 522 g/mol. The van der Waals surface area contributed by atoms with Gasteiger partial charge >= 0.3 is 6.09 Å². The topological polar surface area (TPSA) is 128 Å². The third-order valence-corrected chi connectivity index (χ3v) is 6.58. The predicted molar refractivity (Wildman–Crippen MR) is 136 cm³/mol. The van der Waals surface area contributed by atoms with Crippen LogP contribution in [0.5, 0.6) is 11.5 Å². The van der Waals surface area contributed by atoms with Crippen molar-refractivity contribution in [3.05, 3.63) is 82.4 Å². The molecule has 2 aromatic carbocycles. The van der Waals surface area contributed by atoms with Crippen LogP contribution in [0.15, 0.2) is 65.5 Å². The first-order valence-electron chi connectivity index (χ1n) is 11.9. The van der Waals surface area contributed by atoms with Crippen LogP contribution in [0.25, 0.3) is 22.0 Å². The minimum Gasteiger partial charge on any atom is -0.465 e. The Bertz CT molecular complexity index is 1580. The van der Waals surface area contributed by atoms with Gasteiger partial charge in [0.25, 0.3) is 17.4 Å². The number of aromatic nitrogens is 2. The highest BCUT2D eigenvalue weighted by molar-refractivity contribution is 6.03. The fourth-order valence-corrected chi connectivity index (χ4v) is 4.68. The Morgan fingerprint density at radius 2 is 1.84 bits per heavy atom. The van der Waals surface area contributed by atoms with Gasteiger partial charge in [0.2, 0.25) is 0 Å². The number of carbonyl (C=O) groups excluding carboxylic acids is 1. The highest BCUT2D eigenvalue weighted by atomic mass is 19.3. The van der Waals surface area contributed by atoms with Gasteiger partial charge in [-0.25, -0.2) is 13.6 Å². The zero-order chi connectivity index (χ0) is 27.0. The summed E-state index contributed by atoms with van der Waals surface area (Å²) in [4.78, 5) is 43.3. The lowest BCUT2D eigenvalue weighted by Gasteiger charge is -2.17. The average molecular weight is 523 g/mol. The molecule has 1 fully saturated rings. The highest BCUT2D eigenvalue weighted by Gasteiger charge is 2.49. The number of amides is 2. The van der Waals surface area contributed by atoms with Gasteiger partial charge in [-0.15, -0.1) is 0 Å². The van der Waals surface area contributed by atoms with Crippen LogP contribution in [0.1, 0.15) is 16.2 Å². The number of likely N-dealkylation sites (tertiary alicyclic amines) is 1. The Morgan fingerprint density at radius 3 is 2.55 bits per heavy atom. The number of pyridine rings is 1. The lowest BCUT2D eigenvalue weighted by atomic mass is 10.0. The zero-order valence-corrected chi connectivity index (χ0v) is 20.3. The van der Waals surface area contributed by atoms with Gasteiger partial charge in [0.05, 0.1) is 23.5 Å². The number of fused-ring (bicyclic) bond motifs is 1. The number of aryl methyl sites for hydroxylation is 1. The highest BCUT2D eigenvalue weighted by Crippen LogP contribution is 2.37. The second-order valence-electron chi connectivity index (χ2n) is 9.17. The summed E-state index contributed by atoms with van der Waals surface area (Å²) in [6.07, 6.45) is -1.44. The second-order valence-corrected chi connectivity index (χ2v) is 9.17. The summed E-state index contributed by atoms with van der Waals surface area (Å²) in [7, 11) is 0. The Labute approximate surface area is 215 Å². The lowest BCUT2D eigenvalue weighted by molar-refractivity contribution is -0.0250. The van der Waals surface area contributed by atoms with Crippen molar-refractivity contribution in [3.63, 3.8) is 0 Å². The molecule has 1 aliphatic rings. The molecule has 11 heteroatoms. The number of carboxylic acid groups (broad SMARTS) is 1. The second kappa shape index (κ2) is 9.66. The molecule has 0 saturated carbocycles. The molecule has 0 bridgehead atoms. The maximum absolute atomic E-state index is 14.3. The Hall–Kier alpha value is -4.67. The van der Waals surface area contributed by atoms with E-state index in [2.05, 4.69) is 15.3 Å². The van der Waals surface area contributed by atoms with E-state index in [1.807, 2.05) is 48.5 Å². The quantitative estimate of drug-likeness (QED) is 0.294. The molecule has 3 heterocycles. The Balaban J connectivity index is 1.46. The number of halogens is 2. The van der Waals surface area contributed by atoms with Gasteiger partial charge < -0.3 is 30.0 Å². The predicted octanol–water partition coefficient (Wildman–Crippen LogP) is 4.60. The van der Waals surface area contributed by atoms with Crippen LogP contribution in [0.3, 0.4) is 0 Å². The van der Waals surface area contributed by atoms with Crippen molar-refractivity contribution in [2.75, 3.05) is 19.6 Å². The van der Waals surface area contributed by atoms with Gasteiger partial charge in [0, 0.05) is 29.7 Å². The number of benzene rings is 2. The molecule has 0 aliphatic carbocycles. The molecule has 9 nitrogen and oxygen atoms in total. The smallest absolute Gasteiger partial charge is 0.407 e. The van der Waals surface area contributed by atoms with E-state index >= 15 is 0 Å². The minimum atomic E-state index is -3.28. The van der Waals surface area contributed by atoms with Crippen molar-refractivity contribution in [1.82, 2.24) is 20.2 Å². The first-order valence-corrected chi connectivity index (χ1v) is 11.9. The number of para-hydroxylation sites is 2.